The van der Waals surface area contributed by atoms with Crippen molar-refractivity contribution in [1.29, 1.82) is 0 Å². The number of halogens is 2. The minimum atomic E-state index is -3.92. The molecule has 0 atom stereocenters. The Morgan fingerprint density at radius 2 is 1.07 bits per heavy atom. The van der Waals surface area contributed by atoms with E-state index in [-0.39, 0.29) is 66.5 Å². The van der Waals surface area contributed by atoms with Crippen molar-refractivity contribution >= 4 is 63.7 Å². The highest BCUT2D eigenvalue weighted by molar-refractivity contribution is 9.14. The smallest absolute Gasteiger partial charge is 0.217 e. The highest BCUT2D eigenvalue weighted by atomic mass is 79.9. The Kier molecular flexibility index (Phi) is 6.28. The van der Waals surface area contributed by atoms with Crippen molar-refractivity contribution in [1.82, 2.24) is 0 Å². The van der Waals surface area contributed by atoms with Gasteiger partial charge in [-0.05, 0) is 44.0 Å². The van der Waals surface area contributed by atoms with E-state index in [1.165, 1.54) is 26.4 Å². The Hall–Kier alpha value is -0.920. The number of rotatable bonds is 8. The van der Waals surface area contributed by atoms with Gasteiger partial charge < -0.3 is 18.9 Å². The first kappa shape index (κ1) is 21.8. The van der Waals surface area contributed by atoms with Gasteiger partial charge in [0.05, 0.1) is 13.2 Å². The minimum Gasteiger partial charge on any atom is -0.489 e. The van der Waals surface area contributed by atoms with Crippen LogP contribution in [0.15, 0.2) is 17.4 Å². The van der Waals surface area contributed by atoms with E-state index in [2.05, 4.69) is 31.9 Å². The van der Waals surface area contributed by atoms with Crippen molar-refractivity contribution < 1.29 is 35.8 Å². The number of benzene rings is 1. The Morgan fingerprint density at radius 3 is 1.39 bits per heavy atom. The maximum Gasteiger partial charge on any atom is 0.217 e. The van der Waals surface area contributed by atoms with Gasteiger partial charge in [0, 0.05) is 25.3 Å². The third-order valence-electron chi connectivity index (χ3n) is 4.03. The molecule has 0 aliphatic carbocycles. The molecule has 154 valence electrons. The molecule has 12 heteroatoms. The standard InChI is InChI=1S/C16H16Br2O8S2/c1-23-3-5-25-13-9-7-11(17)28(21,22)16(9)14(26-6-4-24-2)10-8-12(18)27(19,20)15(10)13/h7-8H,3-6H2,1-2H3. The summed E-state index contributed by atoms with van der Waals surface area (Å²) in [6, 6.07) is 0. The van der Waals surface area contributed by atoms with Crippen molar-refractivity contribution in [2.45, 2.75) is 9.79 Å². The molecule has 0 aromatic heterocycles. The second kappa shape index (κ2) is 8.07. The zero-order valence-corrected chi connectivity index (χ0v) is 19.6. The lowest BCUT2D eigenvalue weighted by molar-refractivity contribution is 0.141. The summed E-state index contributed by atoms with van der Waals surface area (Å²) in [6.07, 6.45) is 2.63. The fourth-order valence-corrected chi connectivity index (χ4v) is 6.88. The van der Waals surface area contributed by atoms with Gasteiger partial charge in [-0.1, -0.05) is 0 Å². The van der Waals surface area contributed by atoms with Crippen molar-refractivity contribution in [3.05, 3.63) is 18.8 Å². The molecule has 0 N–H and O–H groups in total. The van der Waals surface area contributed by atoms with Crippen LogP contribution in [0.3, 0.4) is 0 Å². The second-order valence-corrected chi connectivity index (χ2v) is 12.2. The summed E-state index contributed by atoms with van der Waals surface area (Å²) in [5.74, 6) is -0.102. The normalized spacial score (nSPS) is 18.3. The summed E-state index contributed by atoms with van der Waals surface area (Å²) in [6.45, 7) is 0.472. The summed E-state index contributed by atoms with van der Waals surface area (Å²) in [5.41, 5.74) is 0.238. The molecule has 1 aromatic carbocycles. The molecule has 0 amide bonds. The molecule has 0 saturated heterocycles. The fraction of sp³-hybridized carbons (Fsp3) is 0.375. The lowest BCUT2D eigenvalue weighted by atomic mass is 10.1. The Morgan fingerprint density at radius 1 is 0.714 bits per heavy atom. The van der Waals surface area contributed by atoms with Crippen molar-refractivity contribution in [2.75, 3.05) is 40.6 Å². The van der Waals surface area contributed by atoms with E-state index < -0.39 is 19.7 Å². The minimum absolute atomic E-state index is 0.0396. The van der Waals surface area contributed by atoms with Crippen molar-refractivity contribution in [3.63, 3.8) is 0 Å². The fourth-order valence-electron chi connectivity index (χ4n) is 2.81. The monoisotopic (exact) mass is 558 g/mol. The van der Waals surface area contributed by atoms with Gasteiger partial charge >= 0.3 is 0 Å². The van der Waals surface area contributed by atoms with Crippen LogP contribution in [0.25, 0.3) is 12.2 Å². The number of fused-ring (bicyclic) bond motifs is 2. The molecule has 2 aliphatic heterocycles. The molecule has 0 saturated carbocycles. The highest BCUT2D eigenvalue weighted by Crippen LogP contribution is 2.55. The van der Waals surface area contributed by atoms with Gasteiger partial charge in [-0.3, -0.25) is 0 Å². The van der Waals surface area contributed by atoms with Crippen LogP contribution in [0.2, 0.25) is 0 Å². The average Bonchev–Trinajstić information content (AvgIpc) is 3.00. The molecular weight excluding hydrogens is 544 g/mol. The lowest BCUT2D eigenvalue weighted by Gasteiger charge is -2.19. The van der Waals surface area contributed by atoms with Crippen LogP contribution in [0, 0.1) is 0 Å². The lowest BCUT2D eigenvalue weighted by Crippen LogP contribution is -2.14. The summed E-state index contributed by atoms with van der Waals surface area (Å²) in [5, 5.41) is 0. The maximum absolute atomic E-state index is 12.9. The molecule has 2 heterocycles. The number of hydrogen-bond donors (Lipinski definition) is 0. The van der Waals surface area contributed by atoms with Crippen LogP contribution in [-0.2, 0) is 29.1 Å². The van der Waals surface area contributed by atoms with Gasteiger partial charge in [-0.2, -0.15) is 0 Å². The van der Waals surface area contributed by atoms with E-state index in [0.29, 0.717) is 0 Å². The molecule has 1 aromatic rings. The van der Waals surface area contributed by atoms with Gasteiger partial charge in [0.2, 0.25) is 19.7 Å². The summed E-state index contributed by atoms with van der Waals surface area (Å²) < 4.78 is 72.5. The summed E-state index contributed by atoms with van der Waals surface area (Å²) in [7, 11) is -4.89. The van der Waals surface area contributed by atoms with Crippen LogP contribution in [0.5, 0.6) is 11.5 Å². The van der Waals surface area contributed by atoms with Gasteiger partial charge in [0.1, 0.15) is 42.1 Å². The predicted octanol–water partition coefficient (Wildman–Crippen LogP) is 2.70. The van der Waals surface area contributed by atoms with Crippen LogP contribution in [0.4, 0.5) is 0 Å². The Bertz CT molecular complexity index is 1000. The van der Waals surface area contributed by atoms with Gasteiger partial charge in [-0.25, -0.2) is 16.8 Å². The van der Waals surface area contributed by atoms with E-state index in [4.69, 9.17) is 18.9 Å². The SMILES string of the molecule is COCCOc1c2c(c(OCCOC)c3c1S(=O)(=O)C(Br)=C3)S(=O)(=O)C(Br)=C2. The van der Waals surface area contributed by atoms with E-state index in [0.717, 1.165) is 0 Å². The third kappa shape index (κ3) is 3.43. The van der Waals surface area contributed by atoms with Crippen LogP contribution in [0.1, 0.15) is 11.1 Å². The molecule has 0 fully saturated rings. The molecule has 0 spiro atoms. The zero-order chi connectivity index (χ0) is 20.7. The van der Waals surface area contributed by atoms with Gasteiger partial charge in [0.25, 0.3) is 0 Å². The molecule has 2 aliphatic rings. The molecule has 3 rings (SSSR count). The van der Waals surface area contributed by atoms with Crippen molar-refractivity contribution in [3.8, 4) is 11.5 Å². The third-order valence-corrected chi connectivity index (χ3v) is 10.2. The number of sulfone groups is 2. The van der Waals surface area contributed by atoms with E-state index in [9.17, 15) is 16.8 Å². The van der Waals surface area contributed by atoms with Gasteiger partial charge in [-0.15, -0.1) is 0 Å². The van der Waals surface area contributed by atoms with E-state index >= 15 is 0 Å². The number of hydrogen-bond acceptors (Lipinski definition) is 8. The molecule has 0 bridgehead atoms. The molecular formula is C16H16Br2O8S2. The molecule has 28 heavy (non-hydrogen) atoms. The largest absolute Gasteiger partial charge is 0.489 e. The quantitative estimate of drug-likeness (QED) is 0.448. The summed E-state index contributed by atoms with van der Waals surface area (Å²) >= 11 is 6.08. The van der Waals surface area contributed by atoms with Gasteiger partial charge in [0.15, 0.2) is 0 Å². The van der Waals surface area contributed by atoms with E-state index in [1.54, 1.807) is 0 Å². The topological polar surface area (TPSA) is 105 Å². The first-order chi connectivity index (χ1) is 13.2. The maximum atomic E-state index is 12.9. The van der Waals surface area contributed by atoms with E-state index in [1.807, 2.05) is 0 Å². The molecule has 0 unspecified atom stereocenters. The molecule has 8 nitrogen and oxygen atoms in total. The van der Waals surface area contributed by atoms with Crippen LogP contribution in [-0.4, -0.2) is 57.5 Å². The Balaban J connectivity index is 2.33. The first-order valence-electron chi connectivity index (χ1n) is 7.90. The Labute approximate surface area is 179 Å². The zero-order valence-electron chi connectivity index (χ0n) is 14.8. The molecule has 0 radical (unpaired) electrons. The summed E-state index contributed by atoms with van der Waals surface area (Å²) in [4.78, 5) is -0.286. The first-order valence-corrected chi connectivity index (χ1v) is 12.4. The number of methoxy groups -OCH3 is 2. The average molecular weight is 560 g/mol. The van der Waals surface area contributed by atoms with Crippen LogP contribution < -0.4 is 9.47 Å². The second-order valence-electron chi connectivity index (χ2n) is 5.73. The highest BCUT2D eigenvalue weighted by Gasteiger charge is 2.44. The van der Waals surface area contributed by atoms with Crippen LogP contribution >= 0.6 is 31.9 Å². The predicted molar refractivity (Wildman–Crippen MR) is 109 cm³/mol. The number of ether oxygens (including phenoxy) is 4. The van der Waals surface area contributed by atoms with Crippen molar-refractivity contribution in [2.24, 2.45) is 0 Å².